The number of benzene rings is 1. The zero-order chi connectivity index (χ0) is 16.0. The van der Waals surface area contributed by atoms with E-state index >= 15 is 0 Å². The van der Waals surface area contributed by atoms with Gasteiger partial charge in [-0.2, -0.15) is 0 Å². The number of alkyl halides is 2. The van der Waals surface area contributed by atoms with Crippen molar-refractivity contribution in [3.05, 3.63) is 18.2 Å². The first-order valence-corrected chi connectivity index (χ1v) is 6.73. The predicted octanol–water partition coefficient (Wildman–Crippen LogP) is 2.59. The van der Waals surface area contributed by atoms with Gasteiger partial charge in [-0.25, -0.2) is 0 Å². The number of nitrogens with one attached hydrogen (secondary N) is 1. The number of anilines is 1. The molecule has 1 fully saturated rings. The van der Waals surface area contributed by atoms with Crippen molar-refractivity contribution in [1.29, 1.82) is 0 Å². The summed E-state index contributed by atoms with van der Waals surface area (Å²) in [4.78, 5) is 23.2. The summed E-state index contributed by atoms with van der Waals surface area (Å²) in [6, 6.07) is 3.85. The third-order valence-electron chi connectivity index (χ3n) is 3.95. The van der Waals surface area contributed by atoms with Crippen molar-refractivity contribution in [1.82, 2.24) is 0 Å². The van der Waals surface area contributed by atoms with Crippen LogP contribution in [0.15, 0.2) is 18.2 Å². The Morgan fingerprint density at radius 2 is 1.91 bits per heavy atom. The highest BCUT2D eigenvalue weighted by Crippen LogP contribution is 2.45. The SMILES string of the molecule is O=C(CC1(C(=O)O)CCC1)Nc1ccc2c(c1)OC(F)(F)O2. The number of carbonyl (C=O) groups is 2. The van der Waals surface area contributed by atoms with E-state index in [1.54, 1.807) is 0 Å². The first kappa shape index (κ1) is 14.6. The minimum atomic E-state index is -3.72. The van der Waals surface area contributed by atoms with Crippen molar-refractivity contribution >= 4 is 17.6 Å². The van der Waals surface area contributed by atoms with Crippen LogP contribution in [0.1, 0.15) is 25.7 Å². The molecule has 118 valence electrons. The van der Waals surface area contributed by atoms with Crippen LogP contribution in [0.4, 0.5) is 14.5 Å². The number of fused-ring (bicyclic) bond motifs is 1. The van der Waals surface area contributed by atoms with E-state index in [0.717, 1.165) is 6.42 Å². The number of aliphatic carboxylic acids is 1. The van der Waals surface area contributed by atoms with Crippen LogP contribution in [0.25, 0.3) is 0 Å². The molecule has 0 saturated heterocycles. The molecule has 1 aliphatic heterocycles. The second kappa shape index (κ2) is 4.82. The van der Waals surface area contributed by atoms with E-state index in [2.05, 4.69) is 14.8 Å². The molecule has 3 rings (SSSR count). The summed E-state index contributed by atoms with van der Waals surface area (Å²) in [5.41, 5.74) is -0.766. The lowest BCUT2D eigenvalue weighted by molar-refractivity contribution is -0.286. The third kappa shape index (κ3) is 2.56. The Kier molecular flexibility index (Phi) is 3.19. The number of hydrogen-bond acceptors (Lipinski definition) is 4. The number of carbonyl (C=O) groups excluding carboxylic acids is 1. The smallest absolute Gasteiger partial charge is 0.481 e. The Bertz CT molecular complexity index is 642. The first-order chi connectivity index (χ1) is 10.3. The third-order valence-corrected chi connectivity index (χ3v) is 3.95. The highest BCUT2D eigenvalue weighted by Gasteiger charge is 2.46. The molecule has 1 saturated carbocycles. The molecule has 0 radical (unpaired) electrons. The number of ether oxygens (including phenoxy) is 2. The summed E-state index contributed by atoms with van der Waals surface area (Å²) < 4.78 is 34.3. The average Bonchev–Trinajstić information content (AvgIpc) is 2.66. The minimum Gasteiger partial charge on any atom is -0.481 e. The minimum absolute atomic E-state index is 0.121. The van der Waals surface area contributed by atoms with Crippen molar-refractivity contribution in [3.63, 3.8) is 0 Å². The lowest BCUT2D eigenvalue weighted by Gasteiger charge is -2.36. The molecule has 1 aromatic carbocycles. The number of amides is 1. The van der Waals surface area contributed by atoms with E-state index in [1.807, 2.05) is 0 Å². The van der Waals surface area contributed by atoms with Crippen molar-refractivity contribution in [3.8, 4) is 11.5 Å². The van der Waals surface area contributed by atoms with Crippen LogP contribution in [0.3, 0.4) is 0 Å². The highest BCUT2D eigenvalue weighted by atomic mass is 19.3. The van der Waals surface area contributed by atoms with E-state index in [-0.39, 0.29) is 23.6 Å². The number of halogens is 2. The van der Waals surface area contributed by atoms with E-state index in [1.165, 1.54) is 18.2 Å². The van der Waals surface area contributed by atoms with Gasteiger partial charge in [0, 0.05) is 18.2 Å². The molecule has 2 N–H and O–H groups in total. The Labute approximate surface area is 124 Å². The molecule has 6 nitrogen and oxygen atoms in total. The zero-order valence-electron chi connectivity index (χ0n) is 11.4. The fraction of sp³-hybridized carbons (Fsp3) is 0.429. The van der Waals surface area contributed by atoms with E-state index < -0.39 is 23.6 Å². The van der Waals surface area contributed by atoms with Gasteiger partial charge in [-0.15, -0.1) is 8.78 Å². The quantitative estimate of drug-likeness (QED) is 0.892. The van der Waals surface area contributed by atoms with Gasteiger partial charge in [0.2, 0.25) is 5.91 Å². The molecule has 22 heavy (non-hydrogen) atoms. The second-order valence-corrected chi connectivity index (χ2v) is 5.49. The maximum absolute atomic E-state index is 12.9. The summed E-state index contributed by atoms with van der Waals surface area (Å²) in [5, 5.41) is 11.7. The molecule has 8 heteroatoms. The molecule has 0 atom stereocenters. The number of hydrogen-bond donors (Lipinski definition) is 2. The first-order valence-electron chi connectivity index (χ1n) is 6.73. The molecule has 0 aromatic heterocycles. The lowest BCUT2D eigenvalue weighted by Crippen LogP contribution is -2.41. The molecule has 1 amide bonds. The Balaban J connectivity index is 1.67. The van der Waals surface area contributed by atoms with E-state index in [9.17, 15) is 23.5 Å². The summed E-state index contributed by atoms with van der Waals surface area (Å²) in [6.45, 7) is 0. The van der Waals surface area contributed by atoms with Crippen LogP contribution in [-0.2, 0) is 9.59 Å². The highest BCUT2D eigenvalue weighted by molar-refractivity contribution is 5.94. The average molecular weight is 313 g/mol. The molecule has 0 bridgehead atoms. The lowest BCUT2D eigenvalue weighted by atomic mass is 9.66. The standard InChI is InChI=1S/C14H13F2NO5/c15-14(16)21-9-3-2-8(6-10(9)22-14)17-11(18)7-13(12(19)20)4-1-5-13/h2-3,6H,1,4-5,7H2,(H,17,18)(H,19,20). The van der Waals surface area contributed by atoms with Crippen molar-refractivity contribution in [2.75, 3.05) is 5.32 Å². The Hall–Kier alpha value is -2.38. The number of carboxylic acid groups (broad SMARTS) is 1. The molecule has 0 spiro atoms. The van der Waals surface area contributed by atoms with E-state index in [0.29, 0.717) is 12.8 Å². The van der Waals surface area contributed by atoms with Gasteiger partial charge in [-0.05, 0) is 25.0 Å². The van der Waals surface area contributed by atoms with Crippen LogP contribution in [0.5, 0.6) is 11.5 Å². The molecule has 2 aliphatic rings. The number of carboxylic acids is 1. The van der Waals surface area contributed by atoms with Crippen molar-refractivity contribution in [2.45, 2.75) is 32.0 Å². The molecule has 1 heterocycles. The van der Waals surface area contributed by atoms with E-state index in [4.69, 9.17) is 0 Å². The van der Waals surface area contributed by atoms with Crippen LogP contribution < -0.4 is 14.8 Å². The van der Waals surface area contributed by atoms with Gasteiger partial charge in [-0.3, -0.25) is 9.59 Å². The molecule has 1 aromatic rings. The second-order valence-electron chi connectivity index (χ2n) is 5.49. The fourth-order valence-corrected chi connectivity index (χ4v) is 2.61. The predicted molar refractivity (Wildman–Crippen MR) is 69.8 cm³/mol. The van der Waals surface area contributed by atoms with Crippen molar-refractivity contribution < 1.29 is 33.0 Å². The van der Waals surface area contributed by atoms with Crippen LogP contribution in [0, 0.1) is 5.41 Å². The molecular formula is C14H13F2NO5. The Morgan fingerprint density at radius 1 is 1.23 bits per heavy atom. The van der Waals surface area contributed by atoms with Gasteiger partial charge in [0.15, 0.2) is 11.5 Å². The Morgan fingerprint density at radius 3 is 2.50 bits per heavy atom. The van der Waals surface area contributed by atoms with Crippen LogP contribution in [-0.4, -0.2) is 23.3 Å². The van der Waals surface area contributed by atoms with Crippen LogP contribution in [0.2, 0.25) is 0 Å². The van der Waals surface area contributed by atoms with Crippen LogP contribution >= 0.6 is 0 Å². The van der Waals surface area contributed by atoms with Crippen molar-refractivity contribution in [2.24, 2.45) is 5.41 Å². The summed E-state index contributed by atoms with van der Waals surface area (Å²) in [6.07, 6.45) is -2.16. The molecule has 1 aliphatic carbocycles. The van der Waals surface area contributed by atoms with Gasteiger partial charge in [0.25, 0.3) is 0 Å². The normalized spacial score (nSPS) is 20.1. The topological polar surface area (TPSA) is 84.9 Å². The van der Waals surface area contributed by atoms with Gasteiger partial charge in [0.05, 0.1) is 5.41 Å². The molecule has 0 unspecified atom stereocenters. The monoisotopic (exact) mass is 313 g/mol. The maximum Gasteiger partial charge on any atom is 0.586 e. The summed E-state index contributed by atoms with van der Waals surface area (Å²) in [5.74, 6) is -1.77. The van der Waals surface area contributed by atoms with Gasteiger partial charge < -0.3 is 19.9 Å². The zero-order valence-corrected chi connectivity index (χ0v) is 11.4. The number of rotatable bonds is 4. The van der Waals surface area contributed by atoms with Gasteiger partial charge >= 0.3 is 12.3 Å². The van der Waals surface area contributed by atoms with Gasteiger partial charge in [0.1, 0.15) is 0 Å². The van der Waals surface area contributed by atoms with Gasteiger partial charge in [-0.1, -0.05) is 6.42 Å². The largest absolute Gasteiger partial charge is 0.586 e. The fourth-order valence-electron chi connectivity index (χ4n) is 2.61. The summed E-state index contributed by atoms with van der Waals surface area (Å²) >= 11 is 0. The maximum atomic E-state index is 12.9. The molecular weight excluding hydrogens is 300 g/mol. The summed E-state index contributed by atoms with van der Waals surface area (Å²) in [7, 11) is 0.